The molecule has 0 spiro atoms. The molecule has 2 rings (SSSR count). The quantitative estimate of drug-likeness (QED) is 0.824. The van der Waals surface area contributed by atoms with Crippen molar-refractivity contribution in [2.45, 2.75) is 45.6 Å². The Labute approximate surface area is 130 Å². The van der Waals surface area contributed by atoms with Crippen LogP contribution in [-0.4, -0.2) is 17.9 Å². The molecule has 1 aromatic rings. The molecule has 0 saturated heterocycles. The molecule has 2 N–H and O–H groups in total. The fraction of sp³-hybridized carbons (Fsp3) is 0.500. The second-order valence-electron chi connectivity index (χ2n) is 5.71. The van der Waals surface area contributed by atoms with Crippen LogP contribution in [0.5, 0.6) is 0 Å². The molecule has 2 amide bonds. The highest BCUT2D eigenvalue weighted by molar-refractivity contribution is 6.40. The molecule has 0 heterocycles. The molecular formula is C16H21ClN2O2. The molecule has 21 heavy (non-hydrogen) atoms. The number of rotatable bonds is 2. The highest BCUT2D eigenvalue weighted by Crippen LogP contribution is 2.24. The van der Waals surface area contributed by atoms with Crippen LogP contribution in [0.2, 0.25) is 5.02 Å². The van der Waals surface area contributed by atoms with E-state index in [0.29, 0.717) is 16.6 Å². The van der Waals surface area contributed by atoms with E-state index in [1.54, 1.807) is 25.1 Å². The van der Waals surface area contributed by atoms with Crippen molar-refractivity contribution in [2.24, 2.45) is 5.92 Å². The molecule has 2 atom stereocenters. The van der Waals surface area contributed by atoms with Crippen LogP contribution in [0.4, 0.5) is 5.69 Å². The number of carbonyl (C=O) groups excluding carboxylic acids is 2. The fourth-order valence-electron chi connectivity index (χ4n) is 2.69. The van der Waals surface area contributed by atoms with Gasteiger partial charge in [0.15, 0.2) is 0 Å². The minimum Gasteiger partial charge on any atom is -0.345 e. The third-order valence-corrected chi connectivity index (χ3v) is 4.56. The standard InChI is InChI=1S/C16H21ClN2O2/c1-10-6-3-4-8-13(10)18-15(20)16(21)19-14-9-5-7-12(17)11(14)2/h5,7,9-10,13H,3-4,6,8H2,1-2H3,(H,18,20)(H,19,21)/t10-,13-/m1/s1. The second-order valence-corrected chi connectivity index (χ2v) is 6.12. The fourth-order valence-corrected chi connectivity index (χ4v) is 2.86. The summed E-state index contributed by atoms with van der Waals surface area (Å²) in [7, 11) is 0. The van der Waals surface area contributed by atoms with Crippen molar-refractivity contribution in [1.82, 2.24) is 5.32 Å². The van der Waals surface area contributed by atoms with Crippen LogP contribution in [-0.2, 0) is 9.59 Å². The third-order valence-electron chi connectivity index (χ3n) is 4.15. The maximum atomic E-state index is 12.0. The van der Waals surface area contributed by atoms with Crippen molar-refractivity contribution in [3.05, 3.63) is 28.8 Å². The molecule has 1 aromatic carbocycles. The Bertz CT molecular complexity index is 545. The Hall–Kier alpha value is -1.55. The Morgan fingerprint density at radius 3 is 2.62 bits per heavy atom. The van der Waals surface area contributed by atoms with Gasteiger partial charge in [0.25, 0.3) is 0 Å². The van der Waals surface area contributed by atoms with E-state index in [2.05, 4.69) is 17.6 Å². The lowest BCUT2D eigenvalue weighted by Gasteiger charge is -2.29. The summed E-state index contributed by atoms with van der Waals surface area (Å²) in [6, 6.07) is 5.32. The molecule has 5 heteroatoms. The van der Waals surface area contributed by atoms with Gasteiger partial charge in [-0.15, -0.1) is 0 Å². The van der Waals surface area contributed by atoms with Gasteiger partial charge in [0.2, 0.25) is 0 Å². The average molecular weight is 309 g/mol. The zero-order valence-electron chi connectivity index (χ0n) is 12.4. The number of halogens is 1. The Morgan fingerprint density at radius 2 is 1.90 bits per heavy atom. The van der Waals surface area contributed by atoms with E-state index in [1.807, 2.05) is 0 Å². The zero-order chi connectivity index (χ0) is 15.4. The highest BCUT2D eigenvalue weighted by Gasteiger charge is 2.25. The van der Waals surface area contributed by atoms with Crippen molar-refractivity contribution in [2.75, 3.05) is 5.32 Å². The second kappa shape index (κ2) is 6.94. The maximum Gasteiger partial charge on any atom is 0.313 e. The molecule has 1 aliphatic rings. The molecule has 4 nitrogen and oxygen atoms in total. The first-order valence-electron chi connectivity index (χ1n) is 7.36. The van der Waals surface area contributed by atoms with E-state index in [0.717, 1.165) is 24.8 Å². The zero-order valence-corrected chi connectivity index (χ0v) is 13.2. The minimum absolute atomic E-state index is 0.0949. The van der Waals surface area contributed by atoms with Crippen LogP contribution in [0.3, 0.4) is 0 Å². The summed E-state index contributed by atoms with van der Waals surface area (Å²) in [6.45, 7) is 3.92. The van der Waals surface area contributed by atoms with Crippen LogP contribution in [0.25, 0.3) is 0 Å². The van der Waals surface area contributed by atoms with Crippen LogP contribution in [0, 0.1) is 12.8 Å². The summed E-state index contributed by atoms with van der Waals surface area (Å²) in [5, 5.41) is 6.02. The van der Waals surface area contributed by atoms with Crippen molar-refractivity contribution in [3.63, 3.8) is 0 Å². The summed E-state index contributed by atoms with van der Waals surface area (Å²) >= 11 is 6.00. The van der Waals surface area contributed by atoms with Crippen molar-refractivity contribution in [1.29, 1.82) is 0 Å². The molecule has 0 bridgehead atoms. The van der Waals surface area contributed by atoms with E-state index in [1.165, 1.54) is 6.42 Å². The van der Waals surface area contributed by atoms with Gasteiger partial charge in [-0.1, -0.05) is 37.4 Å². The Balaban J connectivity index is 1.96. The van der Waals surface area contributed by atoms with Gasteiger partial charge in [0.1, 0.15) is 0 Å². The van der Waals surface area contributed by atoms with Crippen molar-refractivity contribution < 1.29 is 9.59 Å². The normalized spacial score (nSPS) is 21.7. The highest BCUT2D eigenvalue weighted by atomic mass is 35.5. The first-order chi connectivity index (χ1) is 9.99. The number of hydrogen-bond acceptors (Lipinski definition) is 2. The lowest BCUT2D eigenvalue weighted by atomic mass is 9.86. The summed E-state index contributed by atoms with van der Waals surface area (Å²) in [5.41, 5.74) is 1.32. The molecule has 1 aliphatic carbocycles. The van der Waals surface area contributed by atoms with Crippen LogP contribution in [0.1, 0.15) is 38.2 Å². The van der Waals surface area contributed by atoms with Gasteiger partial charge < -0.3 is 10.6 Å². The summed E-state index contributed by atoms with van der Waals surface area (Å²) in [5.74, 6) is -0.797. The number of amides is 2. The van der Waals surface area contributed by atoms with E-state index in [-0.39, 0.29) is 6.04 Å². The van der Waals surface area contributed by atoms with Gasteiger partial charge in [-0.2, -0.15) is 0 Å². The summed E-state index contributed by atoms with van der Waals surface area (Å²) in [6.07, 6.45) is 4.34. The number of carbonyl (C=O) groups is 2. The lowest BCUT2D eigenvalue weighted by Crippen LogP contribution is -2.45. The predicted molar refractivity (Wildman–Crippen MR) is 84.4 cm³/mol. The van der Waals surface area contributed by atoms with Gasteiger partial charge in [0.05, 0.1) is 0 Å². The van der Waals surface area contributed by atoms with E-state index >= 15 is 0 Å². The van der Waals surface area contributed by atoms with Gasteiger partial charge in [0, 0.05) is 16.8 Å². The molecular weight excluding hydrogens is 288 g/mol. The van der Waals surface area contributed by atoms with Gasteiger partial charge in [-0.25, -0.2) is 0 Å². The predicted octanol–water partition coefficient (Wildman–Crippen LogP) is 3.28. The SMILES string of the molecule is Cc1c(Cl)cccc1NC(=O)C(=O)N[C@@H]1CCCC[C@H]1C. The van der Waals surface area contributed by atoms with Crippen LogP contribution < -0.4 is 10.6 Å². The summed E-state index contributed by atoms with van der Waals surface area (Å²) < 4.78 is 0. The largest absolute Gasteiger partial charge is 0.345 e. The number of nitrogens with one attached hydrogen (secondary N) is 2. The minimum atomic E-state index is -0.641. The van der Waals surface area contributed by atoms with Gasteiger partial charge >= 0.3 is 11.8 Å². The van der Waals surface area contributed by atoms with Crippen molar-refractivity contribution >= 4 is 29.1 Å². The Morgan fingerprint density at radius 1 is 1.19 bits per heavy atom. The lowest BCUT2D eigenvalue weighted by molar-refractivity contribution is -0.137. The van der Waals surface area contributed by atoms with Gasteiger partial charge in [-0.05, 0) is 43.4 Å². The number of hydrogen-bond donors (Lipinski definition) is 2. The van der Waals surface area contributed by atoms with Crippen LogP contribution in [0.15, 0.2) is 18.2 Å². The van der Waals surface area contributed by atoms with E-state index in [9.17, 15) is 9.59 Å². The topological polar surface area (TPSA) is 58.2 Å². The molecule has 0 aromatic heterocycles. The molecule has 1 saturated carbocycles. The maximum absolute atomic E-state index is 12.0. The molecule has 1 fully saturated rings. The number of anilines is 1. The molecule has 114 valence electrons. The number of benzene rings is 1. The van der Waals surface area contributed by atoms with Crippen LogP contribution >= 0.6 is 11.6 Å². The molecule has 0 unspecified atom stereocenters. The molecule has 0 radical (unpaired) electrons. The van der Waals surface area contributed by atoms with Crippen molar-refractivity contribution in [3.8, 4) is 0 Å². The first kappa shape index (κ1) is 15.8. The average Bonchev–Trinajstić information content (AvgIpc) is 2.46. The van der Waals surface area contributed by atoms with Gasteiger partial charge in [-0.3, -0.25) is 9.59 Å². The molecule has 0 aliphatic heterocycles. The van der Waals surface area contributed by atoms with E-state index in [4.69, 9.17) is 11.6 Å². The first-order valence-corrected chi connectivity index (χ1v) is 7.74. The third kappa shape index (κ3) is 3.97. The summed E-state index contributed by atoms with van der Waals surface area (Å²) in [4.78, 5) is 24.0. The Kier molecular flexibility index (Phi) is 5.23. The monoisotopic (exact) mass is 308 g/mol. The smallest absolute Gasteiger partial charge is 0.313 e. The van der Waals surface area contributed by atoms with E-state index < -0.39 is 11.8 Å².